The van der Waals surface area contributed by atoms with Crippen molar-refractivity contribution in [1.29, 1.82) is 5.26 Å². The quantitative estimate of drug-likeness (QED) is 0.774. The molecule has 2 aromatic heterocycles. The van der Waals surface area contributed by atoms with Crippen molar-refractivity contribution in [3.63, 3.8) is 0 Å². The number of nitrogens with one attached hydrogen (secondary N) is 1. The molecule has 0 aliphatic rings. The molecule has 3 rings (SSSR count). The van der Waals surface area contributed by atoms with E-state index in [-0.39, 0.29) is 22.0 Å². The largest absolute Gasteiger partial charge is 0.305 e. The second-order valence-corrected chi connectivity index (χ2v) is 5.54. The second-order valence-electron chi connectivity index (χ2n) is 4.70. The average molecular weight is 358 g/mol. The van der Waals surface area contributed by atoms with Crippen LogP contribution in [-0.4, -0.2) is 20.7 Å². The van der Waals surface area contributed by atoms with Crippen molar-refractivity contribution in [2.24, 2.45) is 0 Å². The first-order valence-corrected chi connectivity index (χ1v) is 7.51. The van der Waals surface area contributed by atoms with Gasteiger partial charge in [0.15, 0.2) is 11.6 Å². The monoisotopic (exact) mass is 357 g/mol. The Labute approximate surface area is 147 Å². The molecule has 6 nitrogen and oxygen atoms in total. The van der Waals surface area contributed by atoms with Crippen molar-refractivity contribution >= 4 is 34.9 Å². The van der Waals surface area contributed by atoms with E-state index in [4.69, 9.17) is 23.2 Å². The van der Waals surface area contributed by atoms with Crippen LogP contribution in [0, 0.1) is 11.3 Å². The van der Waals surface area contributed by atoms with Crippen LogP contribution >= 0.6 is 23.2 Å². The Morgan fingerprint density at radius 1 is 1.25 bits per heavy atom. The van der Waals surface area contributed by atoms with Gasteiger partial charge >= 0.3 is 0 Å². The lowest BCUT2D eigenvalue weighted by molar-refractivity contribution is 0.102. The predicted molar refractivity (Wildman–Crippen MR) is 90.5 cm³/mol. The first-order valence-electron chi connectivity index (χ1n) is 6.76. The highest BCUT2D eigenvalue weighted by atomic mass is 35.5. The van der Waals surface area contributed by atoms with Gasteiger partial charge < -0.3 is 5.32 Å². The minimum atomic E-state index is -0.503. The first-order chi connectivity index (χ1) is 11.6. The van der Waals surface area contributed by atoms with Crippen LogP contribution in [-0.2, 0) is 0 Å². The maximum atomic E-state index is 12.5. The minimum Gasteiger partial charge on any atom is -0.305 e. The van der Waals surface area contributed by atoms with E-state index in [0.717, 1.165) is 0 Å². The Bertz CT molecular complexity index is 947. The number of nitrogens with zero attached hydrogens (tertiary/aromatic N) is 4. The summed E-state index contributed by atoms with van der Waals surface area (Å²) >= 11 is 12.0. The lowest BCUT2D eigenvalue weighted by Gasteiger charge is -2.10. The normalized spacial score (nSPS) is 10.2. The highest BCUT2D eigenvalue weighted by Crippen LogP contribution is 2.24. The van der Waals surface area contributed by atoms with Crippen molar-refractivity contribution < 1.29 is 4.79 Å². The van der Waals surface area contributed by atoms with E-state index >= 15 is 0 Å². The molecule has 0 saturated carbocycles. The molecule has 2 heterocycles. The van der Waals surface area contributed by atoms with Crippen LogP contribution in [0.2, 0.25) is 10.0 Å². The number of aromatic nitrogens is 3. The molecular formula is C16H9Cl2N5O. The van der Waals surface area contributed by atoms with Gasteiger partial charge in [-0.25, -0.2) is 4.98 Å². The van der Waals surface area contributed by atoms with Gasteiger partial charge in [-0.1, -0.05) is 29.3 Å². The van der Waals surface area contributed by atoms with Gasteiger partial charge in [-0.05, 0) is 30.3 Å². The standard InChI is InChI=1S/C16H9Cl2N5O/c17-11-4-5-13(18)12(7-11)16(24)22-15-10(8-19)9-21-23(15)14-3-1-2-6-20-14/h1-7,9H,(H,22,24). The second kappa shape index (κ2) is 6.71. The molecule has 1 aromatic carbocycles. The summed E-state index contributed by atoms with van der Waals surface area (Å²) in [7, 11) is 0. The van der Waals surface area contributed by atoms with Crippen LogP contribution in [0.3, 0.4) is 0 Å². The molecule has 8 heteroatoms. The summed E-state index contributed by atoms with van der Waals surface area (Å²) in [4.78, 5) is 16.7. The van der Waals surface area contributed by atoms with E-state index < -0.39 is 5.91 Å². The van der Waals surface area contributed by atoms with Gasteiger partial charge in [-0.3, -0.25) is 4.79 Å². The van der Waals surface area contributed by atoms with Crippen molar-refractivity contribution in [2.75, 3.05) is 5.32 Å². The third-order valence-corrected chi connectivity index (χ3v) is 3.73. The van der Waals surface area contributed by atoms with Crippen molar-refractivity contribution in [2.45, 2.75) is 0 Å². The molecule has 3 aromatic rings. The molecule has 1 N–H and O–H groups in total. The van der Waals surface area contributed by atoms with Gasteiger partial charge in [0.2, 0.25) is 0 Å². The van der Waals surface area contributed by atoms with Crippen molar-refractivity contribution in [1.82, 2.24) is 14.8 Å². The topological polar surface area (TPSA) is 83.6 Å². The first kappa shape index (κ1) is 16.0. The van der Waals surface area contributed by atoms with Crippen LogP contribution in [0.25, 0.3) is 5.82 Å². The molecule has 0 radical (unpaired) electrons. The van der Waals surface area contributed by atoms with E-state index in [1.807, 2.05) is 6.07 Å². The Balaban J connectivity index is 2.01. The lowest BCUT2D eigenvalue weighted by Crippen LogP contribution is -2.16. The third kappa shape index (κ3) is 3.08. The van der Waals surface area contributed by atoms with E-state index in [2.05, 4.69) is 15.4 Å². The van der Waals surface area contributed by atoms with Crippen LogP contribution < -0.4 is 5.32 Å². The van der Waals surface area contributed by atoms with Crippen LogP contribution in [0.15, 0.2) is 48.8 Å². The van der Waals surface area contributed by atoms with Gasteiger partial charge in [0.25, 0.3) is 5.91 Å². The van der Waals surface area contributed by atoms with E-state index in [9.17, 15) is 10.1 Å². The Kier molecular flexibility index (Phi) is 4.47. The van der Waals surface area contributed by atoms with E-state index in [0.29, 0.717) is 10.8 Å². The molecule has 24 heavy (non-hydrogen) atoms. The molecule has 0 unspecified atom stereocenters. The van der Waals surface area contributed by atoms with Crippen LogP contribution in [0.4, 0.5) is 5.82 Å². The summed E-state index contributed by atoms with van der Waals surface area (Å²) in [6, 6.07) is 11.8. The Morgan fingerprint density at radius 2 is 2.08 bits per heavy atom. The number of hydrogen-bond acceptors (Lipinski definition) is 4. The van der Waals surface area contributed by atoms with Crippen molar-refractivity contribution in [3.8, 4) is 11.9 Å². The summed E-state index contributed by atoms with van der Waals surface area (Å²) in [5, 5.41) is 16.6. The molecule has 0 bridgehead atoms. The van der Waals surface area contributed by atoms with Gasteiger partial charge in [0, 0.05) is 11.2 Å². The molecule has 0 fully saturated rings. The number of carbonyl (C=O) groups is 1. The maximum absolute atomic E-state index is 12.5. The number of hydrogen-bond donors (Lipinski definition) is 1. The number of rotatable bonds is 3. The fourth-order valence-electron chi connectivity index (χ4n) is 2.05. The lowest BCUT2D eigenvalue weighted by atomic mass is 10.2. The molecule has 0 aliphatic carbocycles. The fraction of sp³-hybridized carbons (Fsp3) is 0. The molecule has 118 valence electrons. The Morgan fingerprint density at radius 3 is 2.79 bits per heavy atom. The average Bonchev–Trinajstić information content (AvgIpc) is 3.00. The Hall–Kier alpha value is -2.88. The molecule has 0 saturated heterocycles. The number of benzene rings is 1. The molecule has 1 amide bonds. The molecule has 0 atom stereocenters. The molecule has 0 aliphatic heterocycles. The van der Waals surface area contributed by atoms with Gasteiger partial charge in [0.05, 0.1) is 16.8 Å². The predicted octanol–water partition coefficient (Wildman–Crippen LogP) is 3.70. The summed E-state index contributed by atoms with van der Waals surface area (Å²) < 4.78 is 1.37. The zero-order chi connectivity index (χ0) is 17.1. The summed E-state index contributed by atoms with van der Waals surface area (Å²) in [5.74, 6) is 0.167. The molecular weight excluding hydrogens is 349 g/mol. The van der Waals surface area contributed by atoms with Crippen LogP contribution in [0.1, 0.15) is 15.9 Å². The number of amides is 1. The van der Waals surface area contributed by atoms with E-state index in [1.165, 1.54) is 23.0 Å². The minimum absolute atomic E-state index is 0.196. The van der Waals surface area contributed by atoms with Gasteiger partial charge in [0.1, 0.15) is 11.6 Å². The third-order valence-electron chi connectivity index (χ3n) is 3.16. The number of anilines is 1. The highest BCUT2D eigenvalue weighted by Gasteiger charge is 2.18. The zero-order valence-corrected chi connectivity index (χ0v) is 13.6. The van der Waals surface area contributed by atoms with Gasteiger partial charge in [-0.2, -0.15) is 15.0 Å². The van der Waals surface area contributed by atoms with Crippen LogP contribution in [0.5, 0.6) is 0 Å². The fourth-order valence-corrected chi connectivity index (χ4v) is 2.43. The highest BCUT2D eigenvalue weighted by molar-refractivity contribution is 6.36. The number of carbonyl (C=O) groups excluding carboxylic acids is 1. The van der Waals surface area contributed by atoms with E-state index in [1.54, 1.807) is 30.5 Å². The van der Waals surface area contributed by atoms with Gasteiger partial charge in [-0.15, -0.1) is 0 Å². The zero-order valence-electron chi connectivity index (χ0n) is 12.1. The summed E-state index contributed by atoms with van der Waals surface area (Å²) in [5.41, 5.74) is 0.397. The maximum Gasteiger partial charge on any atom is 0.258 e. The van der Waals surface area contributed by atoms with Crippen molar-refractivity contribution in [3.05, 3.63) is 70.0 Å². The SMILES string of the molecule is N#Cc1cnn(-c2ccccn2)c1NC(=O)c1cc(Cl)ccc1Cl. The summed E-state index contributed by atoms with van der Waals surface area (Å²) in [6.07, 6.45) is 2.94. The number of nitriles is 1. The smallest absolute Gasteiger partial charge is 0.258 e. The number of pyridine rings is 1. The molecule has 0 spiro atoms. The number of halogens is 2. The summed E-state index contributed by atoms with van der Waals surface area (Å²) in [6.45, 7) is 0.